The number of hydrogen-bond acceptors (Lipinski definition) is 3. The second-order valence-electron chi connectivity index (χ2n) is 9.23. The van der Waals surface area contributed by atoms with E-state index in [0.29, 0.717) is 12.0 Å². The number of nitrogens with two attached hydrogens (primary N) is 1. The summed E-state index contributed by atoms with van der Waals surface area (Å²) < 4.78 is 6.47. The Kier molecular flexibility index (Phi) is 6.05. The summed E-state index contributed by atoms with van der Waals surface area (Å²) in [7, 11) is 0. The molecule has 1 saturated heterocycles. The maximum Gasteiger partial charge on any atom is 0.133 e. The molecular formula is C25H38N3O+. The third-order valence-electron chi connectivity index (χ3n) is 7.21. The summed E-state index contributed by atoms with van der Waals surface area (Å²) in [5, 5.41) is 3.86. The van der Waals surface area contributed by atoms with Gasteiger partial charge in [0.1, 0.15) is 17.4 Å². The van der Waals surface area contributed by atoms with Gasteiger partial charge < -0.3 is 9.64 Å². The molecule has 1 aliphatic carbocycles. The molecule has 0 saturated carbocycles. The van der Waals surface area contributed by atoms with Gasteiger partial charge in [0.05, 0.1) is 6.04 Å². The van der Waals surface area contributed by atoms with Crippen molar-refractivity contribution in [2.75, 3.05) is 11.4 Å². The average molecular weight is 397 g/mol. The Labute approximate surface area is 176 Å². The van der Waals surface area contributed by atoms with Crippen LogP contribution in [0, 0.1) is 18.3 Å². The van der Waals surface area contributed by atoms with Crippen molar-refractivity contribution in [2.24, 2.45) is 16.4 Å². The molecule has 0 aromatic heterocycles. The highest BCUT2D eigenvalue weighted by molar-refractivity contribution is 5.58. The predicted octanol–water partition coefficient (Wildman–Crippen LogP) is 5.15. The first-order valence-electron chi connectivity index (χ1n) is 11.1. The number of hydrogen-bond donors (Lipinski definition) is 1. The van der Waals surface area contributed by atoms with Crippen LogP contribution in [0.3, 0.4) is 0 Å². The Morgan fingerprint density at radius 3 is 2.52 bits per heavy atom. The summed E-state index contributed by atoms with van der Waals surface area (Å²) >= 11 is 0. The summed E-state index contributed by atoms with van der Waals surface area (Å²) in [6, 6.07) is 6.66. The van der Waals surface area contributed by atoms with E-state index in [4.69, 9.17) is 10.3 Å². The van der Waals surface area contributed by atoms with Crippen molar-refractivity contribution in [3.05, 3.63) is 47.6 Å². The standard InChI is InChI=1S/C25H37N3O/c1-8-22(28(10-3)20-11-12-21(27-26)17(4)15-20)23-25(29-23)14-13-19(16-18(25)5)24(6,7)9-2/h11-16,18,22-23,26H,8-10H2,1-7H3/p+1. The van der Waals surface area contributed by atoms with Crippen LogP contribution in [0.4, 0.5) is 11.4 Å². The van der Waals surface area contributed by atoms with Gasteiger partial charge in [0.15, 0.2) is 0 Å². The zero-order valence-corrected chi connectivity index (χ0v) is 19.2. The number of allylic oxidation sites excluding steroid dienone is 2. The van der Waals surface area contributed by atoms with Gasteiger partial charge in [-0.05, 0) is 72.6 Å². The van der Waals surface area contributed by atoms with E-state index in [2.05, 4.69) is 88.8 Å². The SMILES string of the molecule is CCC(C1OC12C=CC(C(C)(C)CC)=CC2C)N(CC)c1ccc(N=[NH2+])c(C)c1. The zero-order chi connectivity index (χ0) is 21.4. The van der Waals surface area contributed by atoms with Crippen LogP contribution in [0.2, 0.25) is 0 Å². The summed E-state index contributed by atoms with van der Waals surface area (Å²) in [5.74, 6) is 0.381. The van der Waals surface area contributed by atoms with Crippen molar-refractivity contribution in [3.63, 3.8) is 0 Å². The molecule has 1 spiro atoms. The van der Waals surface area contributed by atoms with E-state index in [1.807, 2.05) is 6.07 Å². The molecule has 1 aromatic rings. The zero-order valence-electron chi connectivity index (χ0n) is 19.2. The third kappa shape index (κ3) is 3.79. The third-order valence-corrected chi connectivity index (χ3v) is 7.21. The molecule has 1 heterocycles. The van der Waals surface area contributed by atoms with Crippen LogP contribution in [0.15, 0.2) is 47.1 Å². The van der Waals surface area contributed by atoms with Crippen molar-refractivity contribution in [1.82, 2.24) is 0 Å². The second kappa shape index (κ2) is 8.06. The lowest BCUT2D eigenvalue weighted by Gasteiger charge is -2.34. The van der Waals surface area contributed by atoms with Gasteiger partial charge in [-0.3, -0.25) is 0 Å². The van der Waals surface area contributed by atoms with E-state index in [9.17, 15) is 0 Å². The van der Waals surface area contributed by atoms with E-state index in [-0.39, 0.29) is 17.1 Å². The van der Waals surface area contributed by atoms with Crippen LogP contribution >= 0.6 is 0 Å². The van der Waals surface area contributed by atoms with E-state index in [1.165, 1.54) is 11.3 Å². The fourth-order valence-corrected chi connectivity index (χ4v) is 4.72. The van der Waals surface area contributed by atoms with Gasteiger partial charge in [-0.1, -0.05) is 46.8 Å². The minimum atomic E-state index is -0.164. The molecule has 4 unspecified atom stereocenters. The maximum absolute atomic E-state index is 6.47. The van der Waals surface area contributed by atoms with Crippen LogP contribution in [0.1, 0.15) is 59.9 Å². The van der Waals surface area contributed by atoms with Gasteiger partial charge in [-0.15, -0.1) is 0 Å². The molecule has 4 nitrogen and oxygen atoms in total. The number of benzene rings is 1. The van der Waals surface area contributed by atoms with Gasteiger partial charge in [0.2, 0.25) is 0 Å². The van der Waals surface area contributed by atoms with Gasteiger partial charge in [-0.2, -0.15) is 5.53 Å². The Bertz CT molecular complexity index is 825. The van der Waals surface area contributed by atoms with Gasteiger partial charge in [0, 0.05) is 18.2 Å². The van der Waals surface area contributed by atoms with Gasteiger partial charge in [-0.25, -0.2) is 0 Å². The summed E-state index contributed by atoms with van der Waals surface area (Å²) in [6.45, 7) is 16.7. The first kappa shape index (κ1) is 21.8. The number of nitrogens with zero attached hydrogens (tertiary/aromatic N) is 2. The molecule has 1 aliphatic heterocycles. The quantitative estimate of drug-likeness (QED) is 0.488. The average Bonchev–Trinajstić information content (AvgIpc) is 3.42. The lowest BCUT2D eigenvalue weighted by Crippen LogP contribution is -2.42. The normalized spacial score (nSPS) is 26.9. The van der Waals surface area contributed by atoms with Crippen LogP contribution < -0.4 is 10.4 Å². The fraction of sp³-hybridized carbons (Fsp3) is 0.600. The molecule has 4 atom stereocenters. The van der Waals surface area contributed by atoms with Crippen molar-refractivity contribution in [1.29, 1.82) is 0 Å². The van der Waals surface area contributed by atoms with Crippen molar-refractivity contribution < 1.29 is 10.3 Å². The minimum absolute atomic E-state index is 0.164. The monoisotopic (exact) mass is 396 g/mol. The van der Waals surface area contributed by atoms with Crippen LogP contribution in [0.25, 0.3) is 0 Å². The maximum atomic E-state index is 6.47. The molecule has 2 N–H and O–H groups in total. The smallest absolute Gasteiger partial charge is 0.133 e. The molecule has 1 fully saturated rings. The van der Waals surface area contributed by atoms with Crippen molar-refractivity contribution in [2.45, 2.75) is 79.1 Å². The minimum Gasteiger partial charge on any atom is -0.366 e. The second-order valence-corrected chi connectivity index (χ2v) is 9.23. The van der Waals surface area contributed by atoms with Gasteiger partial charge in [0.25, 0.3) is 0 Å². The first-order chi connectivity index (χ1) is 13.7. The number of epoxide rings is 1. The number of rotatable bonds is 8. The molecule has 158 valence electrons. The highest BCUT2D eigenvalue weighted by Gasteiger charge is 2.62. The van der Waals surface area contributed by atoms with E-state index in [0.717, 1.165) is 30.6 Å². The number of anilines is 1. The molecule has 29 heavy (non-hydrogen) atoms. The summed E-state index contributed by atoms with van der Waals surface area (Å²) in [4.78, 5) is 2.47. The molecule has 4 heteroatoms. The molecule has 0 amide bonds. The fourth-order valence-electron chi connectivity index (χ4n) is 4.72. The Hall–Kier alpha value is -1.94. The van der Waals surface area contributed by atoms with Crippen molar-refractivity contribution >= 4 is 11.4 Å². The summed E-state index contributed by atoms with van der Waals surface area (Å²) in [5.41, 5.74) is 10.1. The van der Waals surface area contributed by atoms with E-state index >= 15 is 0 Å². The van der Waals surface area contributed by atoms with E-state index < -0.39 is 0 Å². The first-order valence-corrected chi connectivity index (χ1v) is 11.1. The summed E-state index contributed by atoms with van der Waals surface area (Å²) in [6.07, 6.45) is 9.48. The largest absolute Gasteiger partial charge is 0.366 e. The number of likely N-dealkylation sites (N-methyl/N-ethyl adjacent to an activating group) is 1. The highest BCUT2D eigenvalue weighted by atomic mass is 16.6. The van der Waals surface area contributed by atoms with E-state index in [1.54, 1.807) is 0 Å². The molecule has 0 bridgehead atoms. The Morgan fingerprint density at radius 1 is 1.28 bits per heavy atom. The lowest BCUT2D eigenvalue weighted by molar-refractivity contribution is -0.210. The van der Waals surface area contributed by atoms with Crippen molar-refractivity contribution in [3.8, 4) is 0 Å². The Balaban J connectivity index is 1.84. The van der Waals surface area contributed by atoms with Crippen LogP contribution in [-0.4, -0.2) is 24.3 Å². The molecule has 3 rings (SSSR count). The van der Waals surface area contributed by atoms with Crippen LogP contribution in [-0.2, 0) is 4.74 Å². The Morgan fingerprint density at radius 2 is 2.00 bits per heavy atom. The number of ether oxygens (including phenoxy) is 1. The van der Waals surface area contributed by atoms with Gasteiger partial charge >= 0.3 is 0 Å². The molecular weight excluding hydrogens is 358 g/mol. The highest BCUT2D eigenvalue weighted by Crippen LogP contribution is 2.52. The molecule has 0 radical (unpaired) electrons. The number of aryl methyl sites for hydroxylation is 1. The lowest BCUT2D eigenvalue weighted by atomic mass is 9.73. The molecule has 2 aliphatic rings. The molecule has 1 aromatic carbocycles. The van der Waals surface area contributed by atoms with Crippen LogP contribution in [0.5, 0.6) is 0 Å². The predicted molar refractivity (Wildman–Crippen MR) is 120 cm³/mol. The topological polar surface area (TPSA) is 53.7 Å².